The number of aromatic carboxylic acids is 1. The van der Waals surface area contributed by atoms with E-state index in [-0.39, 0.29) is 11.3 Å². The number of thioether (sulfide) groups is 1. The van der Waals surface area contributed by atoms with Crippen LogP contribution in [0.2, 0.25) is 5.02 Å². The van der Waals surface area contributed by atoms with Gasteiger partial charge in [-0.1, -0.05) is 11.6 Å². The van der Waals surface area contributed by atoms with Gasteiger partial charge in [0.25, 0.3) is 5.69 Å². The molecule has 8 heteroatoms. The average Bonchev–Trinajstić information content (AvgIpc) is 2.46. The largest absolute Gasteiger partial charge is 0.478 e. The minimum absolute atomic E-state index is 0.0577. The number of hydrogen-bond acceptors (Lipinski definition) is 5. The zero-order valence-corrected chi connectivity index (χ0v) is 12.1. The summed E-state index contributed by atoms with van der Waals surface area (Å²) >= 11 is 7.35. The number of carbonyl (C=O) groups is 1. The van der Waals surface area contributed by atoms with E-state index in [1.807, 2.05) is 0 Å². The van der Waals surface area contributed by atoms with Gasteiger partial charge in [0, 0.05) is 24.1 Å². The normalized spacial score (nSPS) is 10.3. The minimum Gasteiger partial charge on any atom is -0.478 e. The molecule has 1 aromatic carbocycles. The molecule has 0 bridgehead atoms. The molecule has 0 amide bonds. The molecule has 0 fully saturated rings. The van der Waals surface area contributed by atoms with Crippen LogP contribution in [-0.4, -0.2) is 21.0 Å². The molecule has 1 heterocycles. The Labute approximate surface area is 128 Å². The lowest BCUT2D eigenvalue weighted by Gasteiger charge is -2.04. The number of non-ortho nitro benzene ring substituents is 1. The van der Waals surface area contributed by atoms with Crippen LogP contribution in [0.3, 0.4) is 0 Å². The number of aromatic nitrogens is 1. The Hall–Kier alpha value is -2.12. The second-order valence-electron chi connectivity index (χ2n) is 4.01. The van der Waals surface area contributed by atoms with Gasteiger partial charge in [0.15, 0.2) is 0 Å². The Morgan fingerprint density at radius 2 is 2.14 bits per heavy atom. The molecular weight excluding hydrogens is 316 g/mol. The molecule has 0 unspecified atom stereocenters. The third-order valence-electron chi connectivity index (χ3n) is 2.61. The van der Waals surface area contributed by atoms with Crippen molar-refractivity contribution in [1.29, 1.82) is 0 Å². The summed E-state index contributed by atoms with van der Waals surface area (Å²) in [6, 6.07) is 7.36. The molecule has 0 aliphatic rings. The first-order valence-electron chi connectivity index (χ1n) is 5.72. The number of rotatable bonds is 5. The average molecular weight is 325 g/mol. The zero-order valence-electron chi connectivity index (χ0n) is 10.5. The molecule has 0 spiro atoms. The molecule has 1 aromatic heterocycles. The highest BCUT2D eigenvalue weighted by Crippen LogP contribution is 2.28. The molecule has 2 rings (SSSR count). The summed E-state index contributed by atoms with van der Waals surface area (Å²) in [5.74, 6) is -0.548. The summed E-state index contributed by atoms with van der Waals surface area (Å²) in [5, 5.41) is 20.4. The molecule has 0 radical (unpaired) electrons. The van der Waals surface area contributed by atoms with Crippen LogP contribution in [0, 0.1) is 10.1 Å². The molecule has 0 saturated carbocycles. The number of nitro benzene ring substituents is 1. The molecule has 108 valence electrons. The van der Waals surface area contributed by atoms with Gasteiger partial charge in [0.05, 0.1) is 20.5 Å². The number of nitrogens with zero attached hydrogens (tertiary/aromatic N) is 2. The van der Waals surface area contributed by atoms with Gasteiger partial charge in [-0.05, 0) is 23.8 Å². The summed E-state index contributed by atoms with van der Waals surface area (Å²) in [6.07, 6.45) is 1.28. The number of carboxylic acids is 1. The summed E-state index contributed by atoms with van der Waals surface area (Å²) < 4.78 is 0. The maximum absolute atomic E-state index is 10.7. The smallest absolute Gasteiger partial charge is 0.337 e. The highest BCUT2D eigenvalue weighted by Gasteiger charge is 2.10. The molecule has 0 atom stereocenters. The quantitative estimate of drug-likeness (QED) is 0.512. The van der Waals surface area contributed by atoms with Crippen molar-refractivity contribution in [2.45, 2.75) is 10.8 Å². The van der Waals surface area contributed by atoms with Crippen LogP contribution < -0.4 is 0 Å². The number of halogens is 1. The molecule has 2 aromatic rings. The fourth-order valence-electron chi connectivity index (χ4n) is 1.51. The molecule has 0 saturated heterocycles. The molecule has 1 N–H and O–H groups in total. The van der Waals surface area contributed by atoms with E-state index in [1.165, 1.54) is 36.2 Å². The van der Waals surface area contributed by atoms with Gasteiger partial charge < -0.3 is 5.11 Å². The Balaban J connectivity index is 2.06. The standard InChI is InChI=1S/C13H9ClN2O4S/c14-11-5-10(16(19)20)3-1-9(11)7-21-12-4-2-8(6-15-12)13(17)18/h1-6H,7H2,(H,17,18). The number of carboxylic acid groups (broad SMARTS) is 1. The second kappa shape index (κ2) is 6.55. The predicted molar refractivity (Wildman–Crippen MR) is 78.9 cm³/mol. The van der Waals surface area contributed by atoms with Crippen LogP contribution in [0.1, 0.15) is 15.9 Å². The van der Waals surface area contributed by atoms with E-state index >= 15 is 0 Å². The Kier molecular flexibility index (Phi) is 4.77. The maximum atomic E-state index is 10.7. The van der Waals surface area contributed by atoms with Gasteiger partial charge in [-0.2, -0.15) is 0 Å². The van der Waals surface area contributed by atoms with Crippen molar-refractivity contribution in [3.63, 3.8) is 0 Å². The van der Waals surface area contributed by atoms with Gasteiger partial charge in [0.2, 0.25) is 0 Å². The SMILES string of the molecule is O=C(O)c1ccc(SCc2ccc([N+](=O)[O-])cc2Cl)nc1. The number of benzene rings is 1. The lowest BCUT2D eigenvalue weighted by atomic mass is 10.2. The van der Waals surface area contributed by atoms with Crippen LogP contribution in [0.15, 0.2) is 41.6 Å². The summed E-state index contributed by atoms with van der Waals surface area (Å²) in [6.45, 7) is 0. The third-order valence-corrected chi connectivity index (χ3v) is 3.95. The van der Waals surface area contributed by atoms with E-state index in [2.05, 4.69) is 4.98 Å². The molecule has 0 aliphatic carbocycles. The van der Waals surface area contributed by atoms with Crippen molar-refractivity contribution in [3.05, 3.63) is 62.8 Å². The zero-order chi connectivity index (χ0) is 15.4. The second-order valence-corrected chi connectivity index (χ2v) is 5.41. The Morgan fingerprint density at radius 1 is 1.38 bits per heavy atom. The van der Waals surface area contributed by atoms with Gasteiger partial charge in [-0.3, -0.25) is 10.1 Å². The first kappa shape index (κ1) is 15.3. The summed E-state index contributed by atoms with van der Waals surface area (Å²) in [4.78, 5) is 24.8. The van der Waals surface area contributed by atoms with Crippen LogP contribution in [-0.2, 0) is 5.75 Å². The lowest BCUT2D eigenvalue weighted by molar-refractivity contribution is -0.384. The highest BCUT2D eigenvalue weighted by molar-refractivity contribution is 7.98. The topological polar surface area (TPSA) is 93.3 Å². The van der Waals surface area contributed by atoms with Crippen molar-refractivity contribution in [2.75, 3.05) is 0 Å². The summed E-state index contributed by atoms with van der Waals surface area (Å²) in [7, 11) is 0. The van der Waals surface area contributed by atoms with E-state index in [1.54, 1.807) is 12.1 Å². The van der Waals surface area contributed by atoms with Crippen molar-refractivity contribution in [3.8, 4) is 0 Å². The van der Waals surface area contributed by atoms with Gasteiger partial charge >= 0.3 is 5.97 Å². The van der Waals surface area contributed by atoms with Crippen LogP contribution in [0.5, 0.6) is 0 Å². The fraction of sp³-hybridized carbons (Fsp3) is 0.0769. The number of nitro groups is 1. The molecule has 0 aliphatic heterocycles. The van der Waals surface area contributed by atoms with Gasteiger partial charge in [-0.25, -0.2) is 9.78 Å². The van der Waals surface area contributed by atoms with Crippen LogP contribution in [0.4, 0.5) is 5.69 Å². The first-order valence-corrected chi connectivity index (χ1v) is 7.08. The van der Waals surface area contributed by atoms with E-state index in [9.17, 15) is 14.9 Å². The number of pyridine rings is 1. The third kappa shape index (κ3) is 3.93. The monoisotopic (exact) mass is 324 g/mol. The molecular formula is C13H9ClN2O4S. The number of hydrogen-bond donors (Lipinski definition) is 1. The highest BCUT2D eigenvalue weighted by atomic mass is 35.5. The van der Waals surface area contributed by atoms with E-state index in [0.717, 1.165) is 5.56 Å². The maximum Gasteiger partial charge on any atom is 0.337 e. The molecule has 6 nitrogen and oxygen atoms in total. The fourth-order valence-corrected chi connectivity index (χ4v) is 2.68. The predicted octanol–water partition coefficient (Wildman–Crippen LogP) is 3.63. The Morgan fingerprint density at radius 3 is 2.67 bits per heavy atom. The summed E-state index contributed by atoms with van der Waals surface area (Å²) in [5.41, 5.74) is 0.807. The first-order chi connectivity index (χ1) is 9.97. The van der Waals surface area contributed by atoms with Gasteiger partial charge in [0.1, 0.15) is 0 Å². The van der Waals surface area contributed by atoms with E-state index in [4.69, 9.17) is 16.7 Å². The van der Waals surface area contributed by atoms with E-state index in [0.29, 0.717) is 15.8 Å². The lowest BCUT2D eigenvalue weighted by Crippen LogP contribution is -1.96. The van der Waals surface area contributed by atoms with Crippen molar-refractivity contribution in [2.24, 2.45) is 0 Å². The van der Waals surface area contributed by atoms with Crippen molar-refractivity contribution in [1.82, 2.24) is 4.98 Å². The van der Waals surface area contributed by atoms with Crippen molar-refractivity contribution < 1.29 is 14.8 Å². The van der Waals surface area contributed by atoms with Crippen LogP contribution >= 0.6 is 23.4 Å². The Bertz CT molecular complexity index is 691. The van der Waals surface area contributed by atoms with Gasteiger partial charge in [-0.15, -0.1) is 11.8 Å². The molecule has 21 heavy (non-hydrogen) atoms. The van der Waals surface area contributed by atoms with Crippen molar-refractivity contribution >= 4 is 35.0 Å². The van der Waals surface area contributed by atoms with Crippen LogP contribution in [0.25, 0.3) is 0 Å². The van der Waals surface area contributed by atoms with E-state index < -0.39 is 10.9 Å². The minimum atomic E-state index is -1.03.